The largest absolute Gasteiger partial charge is 0.546 e. The molecule has 2 aromatic rings. The average Bonchev–Trinajstić information content (AvgIpc) is 2.66. The molecule has 28 heavy (non-hydrogen) atoms. The summed E-state index contributed by atoms with van der Waals surface area (Å²) in [4.78, 5) is 48.3. The number of halogens is 1. The van der Waals surface area contributed by atoms with Gasteiger partial charge in [0.25, 0.3) is 11.8 Å². The van der Waals surface area contributed by atoms with Crippen molar-refractivity contribution in [1.82, 2.24) is 5.32 Å². The molecule has 9 heteroatoms. The van der Waals surface area contributed by atoms with Crippen LogP contribution in [-0.2, 0) is 14.4 Å². The lowest BCUT2D eigenvalue weighted by molar-refractivity contribution is -0.307. The molecule has 0 radical (unpaired) electrons. The molecule has 1 saturated heterocycles. The number of barbiturate groups is 1. The molecule has 2 aromatic carbocycles. The summed E-state index contributed by atoms with van der Waals surface area (Å²) in [7, 11) is 0. The first kappa shape index (κ1) is 19.3. The van der Waals surface area contributed by atoms with Gasteiger partial charge in [0.15, 0.2) is 0 Å². The normalized spacial score (nSPS) is 15.5. The second-order valence-corrected chi connectivity index (χ2v) is 6.58. The molecule has 142 valence electrons. The maximum atomic E-state index is 12.7. The summed E-state index contributed by atoms with van der Waals surface area (Å²) >= 11 is 3.27. The fourth-order valence-electron chi connectivity index (χ4n) is 2.45. The van der Waals surface area contributed by atoms with Gasteiger partial charge >= 0.3 is 6.03 Å². The second-order valence-electron chi connectivity index (χ2n) is 5.66. The molecule has 8 nitrogen and oxygen atoms in total. The second kappa shape index (κ2) is 8.05. The number of amides is 4. The molecule has 0 saturated carbocycles. The molecule has 0 aliphatic carbocycles. The molecule has 0 atom stereocenters. The summed E-state index contributed by atoms with van der Waals surface area (Å²) < 4.78 is 5.74. The molecular weight excluding hydrogens is 432 g/mol. The Labute approximate surface area is 167 Å². The Balaban J connectivity index is 1.86. The van der Waals surface area contributed by atoms with E-state index in [2.05, 4.69) is 21.2 Å². The van der Waals surface area contributed by atoms with Crippen LogP contribution in [0.4, 0.5) is 10.5 Å². The van der Waals surface area contributed by atoms with Gasteiger partial charge in [0.05, 0.1) is 11.7 Å². The highest BCUT2D eigenvalue weighted by Crippen LogP contribution is 2.24. The number of rotatable bonds is 5. The SMILES string of the molecule is O=C([O-])COc1ccc(/C=C2\C(=O)NC(=O)N(c3ccc(Br)cc3)C2=O)cc1. The van der Waals surface area contributed by atoms with Crippen molar-refractivity contribution < 1.29 is 29.0 Å². The minimum Gasteiger partial charge on any atom is -0.546 e. The van der Waals surface area contributed by atoms with E-state index in [1.165, 1.54) is 18.2 Å². The van der Waals surface area contributed by atoms with E-state index < -0.39 is 30.4 Å². The molecule has 0 bridgehead atoms. The fraction of sp³-hybridized carbons (Fsp3) is 0.0526. The van der Waals surface area contributed by atoms with E-state index in [1.807, 2.05) is 0 Å². The molecule has 3 rings (SSSR count). The van der Waals surface area contributed by atoms with Crippen LogP contribution in [0.2, 0.25) is 0 Å². The van der Waals surface area contributed by atoms with Crippen molar-refractivity contribution in [3.63, 3.8) is 0 Å². The van der Waals surface area contributed by atoms with Crippen LogP contribution in [-0.4, -0.2) is 30.4 Å². The molecule has 0 aromatic heterocycles. The van der Waals surface area contributed by atoms with Gasteiger partial charge in [0.2, 0.25) is 0 Å². The van der Waals surface area contributed by atoms with Crippen LogP contribution in [0.1, 0.15) is 5.56 Å². The van der Waals surface area contributed by atoms with Crippen molar-refractivity contribution in [2.24, 2.45) is 0 Å². The third-order valence-electron chi connectivity index (χ3n) is 3.73. The third kappa shape index (κ3) is 4.26. The van der Waals surface area contributed by atoms with Gasteiger partial charge in [-0.05, 0) is 48.0 Å². The average molecular weight is 444 g/mol. The van der Waals surface area contributed by atoms with Crippen LogP contribution in [0.25, 0.3) is 6.08 Å². The van der Waals surface area contributed by atoms with E-state index in [-0.39, 0.29) is 11.3 Å². The molecule has 4 amide bonds. The highest BCUT2D eigenvalue weighted by Gasteiger charge is 2.36. The van der Waals surface area contributed by atoms with Crippen molar-refractivity contribution in [2.75, 3.05) is 11.5 Å². The van der Waals surface area contributed by atoms with E-state index in [9.17, 15) is 24.3 Å². The summed E-state index contributed by atoms with van der Waals surface area (Å²) in [5.74, 6) is -2.63. The highest BCUT2D eigenvalue weighted by molar-refractivity contribution is 9.10. The molecular formula is C19H12BrN2O6-. The number of imide groups is 2. The molecule has 1 aliphatic heterocycles. The number of carbonyl (C=O) groups excluding carboxylic acids is 4. The number of hydrogen-bond acceptors (Lipinski definition) is 6. The van der Waals surface area contributed by atoms with Gasteiger partial charge in [-0.25, -0.2) is 9.69 Å². The van der Waals surface area contributed by atoms with Crippen molar-refractivity contribution in [3.05, 3.63) is 64.1 Å². The molecule has 0 unspecified atom stereocenters. The van der Waals surface area contributed by atoms with E-state index in [0.29, 0.717) is 11.3 Å². The number of nitrogens with zero attached hydrogens (tertiary/aromatic N) is 1. The number of hydrogen-bond donors (Lipinski definition) is 1. The first-order valence-corrected chi connectivity index (χ1v) is 8.74. The van der Waals surface area contributed by atoms with Gasteiger partial charge < -0.3 is 14.6 Å². The summed E-state index contributed by atoms with van der Waals surface area (Å²) in [6.45, 7) is -0.592. The number of carbonyl (C=O) groups is 4. The van der Waals surface area contributed by atoms with Crippen LogP contribution in [0.15, 0.2) is 58.6 Å². The van der Waals surface area contributed by atoms with Crippen LogP contribution >= 0.6 is 15.9 Å². The standard InChI is InChI=1S/C19H13BrN2O6/c20-12-3-5-13(6-4-12)22-18(26)15(17(25)21-19(22)27)9-11-1-7-14(8-2-11)28-10-16(23)24/h1-9H,10H2,(H,23,24)(H,21,25,27)/p-1/b15-9+. The van der Waals surface area contributed by atoms with Gasteiger partial charge in [-0.2, -0.15) is 0 Å². The van der Waals surface area contributed by atoms with Gasteiger partial charge in [0, 0.05) is 4.47 Å². The number of nitrogens with one attached hydrogen (secondary N) is 1. The predicted octanol–water partition coefficient (Wildman–Crippen LogP) is 1.24. The first-order chi connectivity index (χ1) is 13.3. The monoisotopic (exact) mass is 443 g/mol. The number of carboxylic acid groups (broad SMARTS) is 1. The first-order valence-electron chi connectivity index (χ1n) is 7.95. The fourth-order valence-corrected chi connectivity index (χ4v) is 2.72. The number of anilines is 1. The zero-order valence-corrected chi connectivity index (χ0v) is 15.8. The minimum atomic E-state index is -1.35. The lowest BCUT2D eigenvalue weighted by Gasteiger charge is -2.26. The lowest BCUT2D eigenvalue weighted by Crippen LogP contribution is -2.54. The van der Waals surface area contributed by atoms with Crippen LogP contribution in [0.3, 0.4) is 0 Å². The smallest absolute Gasteiger partial charge is 0.335 e. The number of aliphatic carboxylic acids is 1. The lowest BCUT2D eigenvalue weighted by atomic mass is 10.1. The number of carboxylic acids is 1. The maximum absolute atomic E-state index is 12.7. The summed E-state index contributed by atoms with van der Waals surface area (Å²) in [5.41, 5.74) is 0.588. The topological polar surface area (TPSA) is 116 Å². The van der Waals surface area contributed by atoms with Gasteiger partial charge in [0.1, 0.15) is 17.9 Å². The molecule has 1 fully saturated rings. The Morgan fingerprint density at radius 2 is 1.71 bits per heavy atom. The summed E-state index contributed by atoms with van der Waals surface area (Å²) in [5, 5.41) is 12.5. The van der Waals surface area contributed by atoms with Gasteiger partial charge in [-0.3, -0.25) is 14.9 Å². The van der Waals surface area contributed by atoms with Crippen LogP contribution < -0.4 is 20.1 Å². The van der Waals surface area contributed by atoms with Crippen LogP contribution in [0, 0.1) is 0 Å². The quantitative estimate of drug-likeness (QED) is 0.548. The summed E-state index contributed by atoms with van der Waals surface area (Å²) in [6.07, 6.45) is 1.33. The van der Waals surface area contributed by atoms with Crippen molar-refractivity contribution in [3.8, 4) is 5.75 Å². The summed E-state index contributed by atoms with van der Waals surface area (Å²) in [6, 6.07) is 11.7. The van der Waals surface area contributed by atoms with Crippen LogP contribution in [0.5, 0.6) is 5.75 Å². The van der Waals surface area contributed by atoms with Gasteiger partial charge in [-0.1, -0.05) is 28.1 Å². The molecule has 1 N–H and O–H groups in total. The van der Waals surface area contributed by atoms with Crippen molar-refractivity contribution in [1.29, 1.82) is 0 Å². The predicted molar refractivity (Wildman–Crippen MR) is 100 cm³/mol. The maximum Gasteiger partial charge on any atom is 0.335 e. The van der Waals surface area contributed by atoms with Gasteiger partial charge in [-0.15, -0.1) is 0 Å². The Bertz CT molecular complexity index is 982. The van der Waals surface area contributed by atoms with E-state index >= 15 is 0 Å². The molecule has 1 aliphatic rings. The van der Waals surface area contributed by atoms with E-state index in [4.69, 9.17) is 4.74 Å². The minimum absolute atomic E-state index is 0.217. The van der Waals surface area contributed by atoms with Crippen molar-refractivity contribution in [2.45, 2.75) is 0 Å². The third-order valence-corrected chi connectivity index (χ3v) is 4.26. The Hall–Kier alpha value is -3.46. The zero-order valence-electron chi connectivity index (χ0n) is 14.2. The number of ether oxygens (including phenoxy) is 1. The Morgan fingerprint density at radius 1 is 1.07 bits per heavy atom. The highest BCUT2D eigenvalue weighted by atomic mass is 79.9. The Morgan fingerprint density at radius 3 is 2.32 bits per heavy atom. The van der Waals surface area contributed by atoms with E-state index in [0.717, 1.165) is 9.37 Å². The zero-order chi connectivity index (χ0) is 20.3. The van der Waals surface area contributed by atoms with Crippen molar-refractivity contribution >= 4 is 51.5 Å². The number of urea groups is 1. The molecule has 1 heterocycles. The molecule has 0 spiro atoms. The Kier molecular flexibility index (Phi) is 5.55. The van der Waals surface area contributed by atoms with E-state index in [1.54, 1.807) is 36.4 Å². The number of benzene rings is 2.